The number of carbonyl (C=O) groups excluding carboxylic acids is 1. The fourth-order valence-corrected chi connectivity index (χ4v) is 7.24. The summed E-state index contributed by atoms with van der Waals surface area (Å²) >= 11 is 0. The second-order valence-corrected chi connectivity index (χ2v) is 12.7. The first-order valence-corrected chi connectivity index (χ1v) is 13.9. The number of hydrogen-bond donors (Lipinski definition) is 2. The van der Waals surface area contributed by atoms with Crippen molar-refractivity contribution in [2.45, 2.75) is 58.0 Å². The van der Waals surface area contributed by atoms with Crippen molar-refractivity contribution in [3.8, 4) is 5.75 Å². The lowest BCUT2D eigenvalue weighted by Gasteiger charge is -2.45. The molecule has 2 heterocycles. The summed E-state index contributed by atoms with van der Waals surface area (Å²) in [5, 5.41) is 10.0. The molecule has 186 valence electrons. The van der Waals surface area contributed by atoms with Crippen molar-refractivity contribution in [2.24, 2.45) is 11.3 Å². The average Bonchev–Trinajstić information content (AvgIpc) is 2.86. The van der Waals surface area contributed by atoms with Gasteiger partial charge in [-0.2, -0.15) is 0 Å². The van der Waals surface area contributed by atoms with Gasteiger partial charge in [0.05, 0.1) is 18.9 Å². The van der Waals surface area contributed by atoms with Gasteiger partial charge >= 0.3 is 0 Å². The van der Waals surface area contributed by atoms with Gasteiger partial charge in [0, 0.05) is 40.3 Å². The zero-order valence-electron chi connectivity index (χ0n) is 20.5. The van der Waals surface area contributed by atoms with Crippen LogP contribution in [0.3, 0.4) is 0 Å². The van der Waals surface area contributed by atoms with Crippen LogP contribution in [0, 0.1) is 11.3 Å². The number of aliphatic hydroxyl groups excluding tert-OH is 1. The van der Waals surface area contributed by atoms with Crippen molar-refractivity contribution in [1.29, 1.82) is 0 Å². The predicted molar refractivity (Wildman–Crippen MR) is 137 cm³/mol. The molecule has 2 aromatic rings. The average molecular weight is 488 g/mol. The molecule has 0 aliphatic carbocycles. The number of carbonyl (C=O) groups is 1. The van der Waals surface area contributed by atoms with Crippen LogP contribution in [0.5, 0.6) is 5.75 Å². The number of fused-ring (bicyclic) bond motifs is 1. The van der Waals surface area contributed by atoms with Gasteiger partial charge < -0.3 is 18.9 Å². The van der Waals surface area contributed by atoms with E-state index in [1.807, 2.05) is 12.1 Å². The largest absolute Gasteiger partial charge is 0.493 e. The van der Waals surface area contributed by atoms with Crippen LogP contribution in [0.25, 0.3) is 0 Å². The zero-order valence-corrected chi connectivity index (χ0v) is 21.4. The van der Waals surface area contributed by atoms with Crippen LogP contribution in [-0.4, -0.2) is 41.3 Å². The maximum absolute atomic E-state index is 14.3. The number of thiol groups is 1. The van der Waals surface area contributed by atoms with Gasteiger partial charge in [0.15, 0.2) is 0 Å². The van der Waals surface area contributed by atoms with Crippen LogP contribution in [0.2, 0.25) is 0 Å². The number of ether oxygens (including phenoxy) is 2. The topological polar surface area (TPSA) is 76.1 Å². The Hall–Kier alpha value is -2.22. The molecular formula is C27H37NO5S. The summed E-state index contributed by atoms with van der Waals surface area (Å²) in [7, 11) is -3.60. The highest BCUT2D eigenvalue weighted by molar-refractivity contribution is 8.16. The van der Waals surface area contributed by atoms with E-state index in [9.17, 15) is 14.1 Å². The summed E-state index contributed by atoms with van der Waals surface area (Å²) in [5.41, 5.74) is 4.22. The second kappa shape index (κ2) is 10.2. The van der Waals surface area contributed by atoms with Gasteiger partial charge in [-0.3, -0.25) is 9.00 Å². The molecule has 2 aromatic carbocycles. The first-order valence-electron chi connectivity index (χ1n) is 12.2. The fraction of sp³-hybridized carbons (Fsp3) is 0.519. The standard InChI is InChI=1S/C27H37NO5S/c1-4-20-5-7-25-22(13-20)15-27(2,3)18-28(25)34(31,19-30)24-6-8-26(23(14-24)16-29)33-17-21-9-11-32-12-10-21/h5-8,13-14,19,21,29,34H,4,9-12,15-18H2,1-3H3. The van der Waals surface area contributed by atoms with E-state index in [0.717, 1.165) is 50.1 Å². The van der Waals surface area contributed by atoms with Gasteiger partial charge in [-0.15, -0.1) is 0 Å². The molecule has 0 radical (unpaired) electrons. The van der Waals surface area contributed by atoms with E-state index in [2.05, 4.69) is 26.8 Å². The molecule has 0 atom stereocenters. The Morgan fingerprint density at radius 1 is 1.21 bits per heavy atom. The van der Waals surface area contributed by atoms with E-state index in [4.69, 9.17) is 9.47 Å². The molecule has 0 spiro atoms. The molecule has 34 heavy (non-hydrogen) atoms. The number of aryl methyl sites for hydroxylation is 1. The Bertz CT molecular complexity index is 1080. The highest BCUT2D eigenvalue weighted by Gasteiger charge is 2.37. The van der Waals surface area contributed by atoms with Gasteiger partial charge in [-0.05, 0) is 72.4 Å². The van der Waals surface area contributed by atoms with E-state index < -0.39 is 10.1 Å². The molecule has 4 rings (SSSR count). The first kappa shape index (κ1) is 24.9. The minimum absolute atomic E-state index is 0.134. The number of aliphatic hydroxyl groups is 1. The number of benzene rings is 2. The fourth-order valence-electron chi connectivity index (χ4n) is 4.99. The molecule has 6 nitrogen and oxygen atoms in total. The third-order valence-corrected chi connectivity index (χ3v) is 9.36. The molecule has 0 amide bonds. The molecule has 0 aromatic heterocycles. The van der Waals surface area contributed by atoms with Gasteiger partial charge in [0.1, 0.15) is 5.75 Å². The third-order valence-electron chi connectivity index (χ3n) is 6.98. The second-order valence-electron chi connectivity index (χ2n) is 10.3. The third kappa shape index (κ3) is 5.07. The van der Waals surface area contributed by atoms with Gasteiger partial charge in [-0.1, -0.05) is 32.9 Å². The van der Waals surface area contributed by atoms with E-state index >= 15 is 0 Å². The van der Waals surface area contributed by atoms with Crippen molar-refractivity contribution in [3.63, 3.8) is 0 Å². The van der Waals surface area contributed by atoms with E-state index in [-0.39, 0.29) is 12.0 Å². The summed E-state index contributed by atoms with van der Waals surface area (Å²) in [6.07, 6.45) is 3.70. The molecule has 1 N–H and O–H groups in total. The molecular weight excluding hydrogens is 450 g/mol. The Morgan fingerprint density at radius 3 is 2.65 bits per heavy atom. The Labute approximate surface area is 203 Å². The van der Waals surface area contributed by atoms with E-state index in [0.29, 0.717) is 40.9 Å². The van der Waals surface area contributed by atoms with Crippen molar-refractivity contribution >= 4 is 21.4 Å². The lowest BCUT2D eigenvalue weighted by molar-refractivity contribution is 0.0494. The zero-order chi connectivity index (χ0) is 24.3. The predicted octanol–water partition coefficient (Wildman–Crippen LogP) is 4.12. The molecule has 7 heteroatoms. The minimum atomic E-state index is -3.60. The molecule has 0 bridgehead atoms. The molecule has 2 aliphatic heterocycles. The molecule has 2 aliphatic rings. The number of hydrogen-bond acceptors (Lipinski definition) is 5. The van der Waals surface area contributed by atoms with E-state index in [1.165, 1.54) is 5.56 Å². The number of nitrogens with zero attached hydrogens (tertiary/aromatic N) is 1. The Morgan fingerprint density at radius 2 is 1.97 bits per heavy atom. The quantitative estimate of drug-likeness (QED) is 0.433. The summed E-state index contributed by atoms with van der Waals surface area (Å²) in [4.78, 5) is 12.9. The molecule has 0 saturated carbocycles. The van der Waals surface area contributed by atoms with Crippen molar-refractivity contribution in [2.75, 3.05) is 30.7 Å². The van der Waals surface area contributed by atoms with Crippen LogP contribution in [0.15, 0.2) is 41.3 Å². The van der Waals surface area contributed by atoms with Crippen molar-refractivity contribution < 1.29 is 23.6 Å². The minimum Gasteiger partial charge on any atom is -0.493 e. The van der Waals surface area contributed by atoms with E-state index in [1.54, 1.807) is 22.5 Å². The van der Waals surface area contributed by atoms with Gasteiger partial charge in [0.25, 0.3) is 0 Å². The smallest absolute Gasteiger partial charge is 0.203 e. The molecule has 0 unspecified atom stereocenters. The molecule has 1 fully saturated rings. The van der Waals surface area contributed by atoms with Gasteiger partial charge in [0.2, 0.25) is 5.62 Å². The SMILES string of the molecule is CCc1ccc2c(c1)CC(C)(C)CN2[SH](=O)(C=O)c1ccc(OCC2CCOCC2)c(CO)c1. The highest BCUT2D eigenvalue weighted by atomic mass is 32.3. The lowest BCUT2D eigenvalue weighted by Crippen LogP contribution is -2.47. The van der Waals surface area contributed by atoms with Crippen LogP contribution in [-0.2, 0) is 39.1 Å². The summed E-state index contributed by atoms with van der Waals surface area (Å²) < 4.78 is 27.6. The first-order chi connectivity index (χ1) is 16.3. The monoisotopic (exact) mass is 487 g/mol. The van der Waals surface area contributed by atoms with Crippen LogP contribution < -0.4 is 9.04 Å². The summed E-state index contributed by atoms with van der Waals surface area (Å²) in [5.74, 6) is 0.989. The lowest BCUT2D eigenvalue weighted by atomic mass is 9.81. The Balaban J connectivity index is 1.66. The molecule has 1 saturated heterocycles. The number of rotatable bonds is 8. The maximum Gasteiger partial charge on any atom is 0.203 e. The number of anilines is 1. The van der Waals surface area contributed by atoms with Crippen molar-refractivity contribution in [3.05, 3.63) is 53.1 Å². The normalized spacial score (nSPS) is 18.9. The van der Waals surface area contributed by atoms with Crippen LogP contribution in [0.4, 0.5) is 5.69 Å². The van der Waals surface area contributed by atoms with Crippen LogP contribution in [0.1, 0.15) is 50.3 Å². The summed E-state index contributed by atoms with van der Waals surface area (Å²) in [6.45, 7) is 8.70. The van der Waals surface area contributed by atoms with Crippen LogP contribution >= 0.6 is 0 Å². The highest BCUT2D eigenvalue weighted by Crippen LogP contribution is 2.42. The van der Waals surface area contributed by atoms with Crippen molar-refractivity contribution in [1.82, 2.24) is 0 Å². The summed E-state index contributed by atoms with van der Waals surface area (Å²) in [6, 6.07) is 11.4. The van der Waals surface area contributed by atoms with Gasteiger partial charge in [-0.25, -0.2) is 0 Å². The Kier molecular flexibility index (Phi) is 7.45. The maximum atomic E-state index is 14.3.